The molecular weight excluding hydrogens is 300 g/mol. The van der Waals surface area contributed by atoms with Crippen molar-refractivity contribution in [3.8, 4) is 0 Å². The van der Waals surface area contributed by atoms with E-state index in [0.717, 1.165) is 16.4 Å². The number of hydrogen-bond acceptors (Lipinski definition) is 6. The van der Waals surface area contributed by atoms with Crippen LogP contribution in [0.3, 0.4) is 0 Å². The standard InChI is InChI=1S/C12H20N4O2S.ClH/c1-7-15-16-11(19-7)4-5-14-12(18)8-2-3-9(13)10(17)6-8;/h8-10,17H,2-6,13H2,1H3,(H,14,18);1H/t8-,9+,10+;/m0./s1. The van der Waals surface area contributed by atoms with Crippen molar-refractivity contribution in [2.24, 2.45) is 11.7 Å². The molecule has 1 aromatic heterocycles. The van der Waals surface area contributed by atoms with Crippen LogP contribution in [-0.2, 0) is 11.2 Å². The van der Waals surface area contributed by atoms with Crippen molar-refractivity contribution in [3.63, 3.8) is 0 Å². The number of aliphatic hydroxyl groups excluding tert-OH is 1. The maximum Gasteiger partial charge on any atom is 0.223 e. The Hall–Kier alpha value is -0.760. The summed E-state index contributed by atoms with van der Waals surface area (Å²) in [5, 5.41) is 22.4. The molecule has 0 spiro atoms. The third-order valence-electron chi connectivity index (χ3n) is 3.45. The highest BCUT2D eigenvalue weighted by atomic mass is 35.5. The van der Waals surface area contributed by atoms with Crippen LogP contribution in [-0.4, -0.2) is 39.9 Å². The first kappa shape index (κ1) is 17.3. The number of carbonyl (C=O) groups is 1. The summed E-state index contributed by atoms with van der Waals surface area (Å²) in [7, 11) is 0. The number of hydrogen-bond donors (Lipinski definition) is 3. The van der Waals surface area contributed by atoms with Crippen LogP contribution in [0.25, 0.3) is 0 Å². The van der Waals surface area contributed by atoms with Gasteiger partial charge >= 0.3 is 0 Å². The van der Waals surface area contributed by atoms with Crippen molar-refractivity contribution < 1.29 is 9.90 Å². The molecule has 1 aromatic rings. The molecule has 8 heteroatoms. The lowest BCUT2D eigenvalue weighted by Gasteiger charge is -2.29. The Morgan fingerprint density at radius 2 is 2.25 bits per heavy atom. The van der Waals surface area contributed by atoms with E-state index in [1.54, 1.807) is 11.3 Å². The van der Waals surface area contributed by atoms with Gasteiger partial charge in [0.15, 0.2) is 0 Å². The minimum absolute atomic E-state index is 0. The number of rotatable bonds is 4. The molecule has 0 bridgehead atoms. The number of nitrogens with one attached hydrogen (secondary N) is 1. The van der Waals surface area contributed by atoms with Gasteiger partial charge in [0, 0.05) is 24.9 Å². The Morgan fingerprint density at radius 3 is 2.85 bits per heavy atom. The van der Waals surface area contributed by atoms with Gasteiger partial charge in [-0.2, -0.15) is 0 Å². The lowest BCUT2D eigenvalue weighted by molar-refractivity contribution is -0.127. The molecule has 0 unspecified atom stereocenters. The predicted octanol–water partition coefficient (Wildman–Crippen LogP) is 0.415. The second-order valence-electron chi connectivity index (χ2n) is 5.00. The van der Waals surface area contributed by atoms with Crippen molar-refractivity contribution >= 4 is 29.7 Å². The first-order valence-electron chi connectivity index (χ1n) is 6.56. The van der Waals surface area contributed by atoms with E-state index in [1.807, 2.05) is 6.92 Å². The summed E-state index contributed by atoms with van der Waals surface area (Å²) in [6.45, 7) is 2.47. The fourth-order valence-electron chi connectivity index (χ4n) is 2.28. The molecule has 1 aliphatic rings. The van der Waals surface area contributed by atoms with Gasteiger partial charge in [0.25, 0.3) is 0 Å². The maximum atomic E-state index is 12.0. The molecule has 6 nitrogen and oxygen atoms in total. The van der Waals surface area contributed by atoms with Gasteiger partial charge in [0.05, 0.1) is 6.10 Å². The van der Waals surface area contributed by atoms with E-state index in [1.165, 1.54) is 0 Å². The van der Waals surface area contributed by atoms with Gasteiger partial charge in [-0.15, -0.1) is 33.9 Å². The molecule has 114 valence electrons. The largest absolute Gasteiger partial charge is 0.391 e. The molecule has 0 aliphatic heterocycles. The molecular formula is C12H21ClN4O2S. The Balaban J connectivity index is 0.00000200. The highest BCUT2D eigenvalue weighted by Gasteiger charge is 2.30. The van der Waals surface area contributed by atoms with Crippen LogP contribution >= 0.6 is 23.7 Å². The lowest BCUT2D eigenvalue weighted by atomic mass is 9.84. The Morgan fingerprint density at radius 1 is 1.50 bits per heavy atom. The van der Waals surface area contributed by atoms with Crippen molar-refractivity contribution in [1.82, 2.24) is 15.5 Å². The molecule has 3 atom stereocenters. The summed E-state index contributed by atoms with van der Waals surface area (Å²) in [6, 6.07) is -0.187. The summed E-state index contributed by atoms with van der Waals surface area (Å²) < 4.78 is 0. The fourth-order valence-corrected chi connectivity index (χ4v) is 2.99. The number of nitrogens with zero attached hydrogens (tertiary/aromatic N) is 2. The van der Waals surface area contributed by atoms with Gasteiger partial charge in [0.1, 0.15) is 10.0 Å². The van der Waals surface area contributed by atoms with Crippen molar-refractivity contribution in [2.45, 2.75) is 44.8 Å². The number of aromatic nitrogens is 2. The Kier molecular flexibility index (Phi) is 6.81. The van der Waals surface area contributed by atoms with Crippen molar-refractivity contribution in [1.29, 1.82) is 0 Å². The highest BCUT2D eigenvalue weighted by Crippen LogP contribution is 2.23. The summed E-state index contributed by atoms with van der Waals surface area (Å²) >= 11 is 1.55. The number of aliphatic hydroxyl groups is 1. The quantitative estimate of drug-likeness (QED) is 0.746. The minimum atomic E-state index is -0.560. The topological polar surface area (TPSA) is 101 Å². The third-order valence-corrected chi connectivity index (χ3v) is 4.34. The van der Waals surface area contributed by atoms with Gasteiger partial charge in [-0.3, -0.25) is 4.79 Å². The molecule has 20 heavy (non-hydrogen) atoms. The molecule has 0 saturated heterocycles. The Labute approximate surface area is 128 Å². The van der Waals surface area contributed by atoms with Gasteiger partial charge in [-0.25, -0.2) is 0 Å². The average Bonchev–Trinajstić information content (AvgIpc) is 2.78. The van der Waals surface area contributed by atoms with Crippen molar-refractivity contribution in [2.75, 3.05) is 6.54 Å². The van der Waals surface area contributed by atoms with Crippen LogP contribution in [0.2, 0.25) is 0 Å². The van der Waals surface area contributed by atoms with Crippen LogP contribution in [0.4, 0.5) is 0 Å². The fraction of sp³-hybridized carbons (Fsp3) is 0.750. The SMILES string of the molecule is Cc1nnc(CCNC(=O)[C@H]2CC[C@@H](N)[C@H](O)C2)s1.Cl. The monoisotopic (exact) mass is 320 g/mol. The first-order valence-corrected chi connectivity index (χ1v) is 7.38. The average molecular weight is 321 g/mol. The molecule has 1 heterocycles. The van der Waals surface area contributed by atoms with E-state index in [0.29, 0.717) is 25.8 Å². The van der Waals surface area contributed by atoms with Crippen LogP contribution in [0.15, 0.2) is 0 Å². The van der Waals surface area contributed by atoms with Gasteiger partial charge in [0.2, 0.25) is 5.91 Å². The van der Waals surface area contributed by atoms with E-state index in [4.69, 9.17) is 5.73 Å². The van der Waals surface area contributed by atoms with Gasteiger partial charge in [-0.05, 0) is 26.2 Å². The number of aryl methyl sites for hydroxylation is 1. The molecule has 1 saturated carbocycles. The smallest absolute Gasteiger partial charge is 0.223 e. The van der Waals surface area contributed by atoms with E-state index in [2.05, 4.69) is 15.5 Å². The maximum absolute atomic E-state index is 12.0. The molecule has 1 amide bonds. The predicted molar refractivity (Wildman–Crippen MR) is 79.9 cm³/mol. The summed E-state index contributed by atoms with van der Waals surface area (Å²) in [5.74, 6) is -0.113. The lowest BCUT2D eigenvalue weighted by Crippen LogP contribution is -2.44. The summed E-state index contributed by atoms with van der Waals surface area (Å²) in [6.07, 6.45) is 2.06. The highest BCUT2D eigenvalue weighted by molar-refractivity contribution is 7.11. The molecule has 2 rings (SSSR count). The molecule has 1 aliphatic carbocycles. The second kappa shape index (κ2) is 7.87. The molecule has 1 fully saturated rings. The van der Waals surface area contributed by atoms with E-state index in [9.17, 15) is 9.90 Å². The number of amides is 1. The normalized spacial score (nSPS) is 25.9. The second-order valence-corrected chi connectivity index (χ2v) is 6.26. The zero-order valence-corrected chi connectivity index (χ0v) is 13.0. The number of carbonyl (C=O) groups excluding carboxylic acids is 1. The van der Waals surface area contributed by atoms with E-state index < -0.39 is 6.10 Å². The summed E-state index contributed by atoms with van der Waals surface area (Å²) in [4.78, 5) is 12.0. The van der Waals surface area contributed by atoms with Crippen molar-refractivity contribution in [3.05, 3.63) is 10.0 Å². The number of halogens is 1. The van der Waals surface area contributed by atoms with Crippen LogP contribution < -0.4 is 11.1 Å². The Bertz CT molecular complexity index is 443. The van der Waals surface area contributed by atoms with Gasteiger partial charge < -0.3 is 16.2 Å². The molecule has 4 N–H and O–H groups in total. The molecule has 0 radical (unpaired) electrons. The van der Waals surface area contributed by atoms with Gasteiger partial charge in [-0.1, -0.05) is 0 Å². The number of nitrogens with two attached hydrogens (primary N) is 1. The minimum Gasteiger partial charge on any atom is -0.391 e. The molecule has 0 aromatic carbocycles. The van der Waals surface area contributed by atoms with Crippen LogP contribution in [0.5, 0.6) is 0 Å². The van der Waals surface area contributed by atoms with Crippen LogP contribution in [0.1, 0.15) is 29.3 Å². The third kappa shape index (κ3) is 4.66. The zero-order valence-electron chi connectivity index (χ0n) is 11.4. The van der Waals surface area contributed by atoms with Crippen LogP contribution in [0, 0.1) is 12.8 Å². The zero-order chi connectivity index (χ0) is 13.8. The van der Waals surface area contributed by atoms with E-state index >= 15 is 0 Å². The summed E-state index contributed by atoms with van der Waals surface area (Å²) in [5.41, 5.74) is 5.72. The first-order chi connectivity index (χ1) is 9.06. The van der Waals surface area contributed by atoms with E-state index in [-0.39, 0.29) is 30.3 Å².